The minimum Gasteiger partial charge on any atom is -0.323 e. The molecule has 1 fully saturated rings. The molecule has 2 unspecified atom stereocenters. The number of likely N-dealkylation sites (tertiary alicyclic amines) is 1. The van der Waals surface area contributed by atoms with E-state index >= 15 is 0 Å². The van der Waals surface area contributed by atoms with Crippen LogP contribution in [0, 0.1) is 0 Å². The quantitative estimate of drug-likeness (QED) is 0.853. The van der Waals surface area contributed by atoms with Crippen molar-refractivity contribution in [2.45, 2.75) is 38.3 Å². The molecular formula is C11H19N3S. The molecule has 0 amide bonds. The second kappa shape index (κ2) is 4.60. The Bertz CT molecular complexity index is 321. The van der Waals surface area contributed by atoms with Gasteiger partial charge in [-0.3, -0.25) is 0 Å². The lowest BCUT2D eigenvalue weighted by molar-refractivity contribution is 0.309. The van der Waals surface area contributed by atoms with Crippen LogP contribution in [0.4, 0.5) is 0 Å². The summed E-state index contributed by atoms with van der Waals surface area (Å²) in [7, 11) is 2.21. The maximum absolute atomic E-state index is 5.82. The predicted octanol–water partition coefficient (Wildman–Crippen LogP) is 1.80. The van der Waals surface area contributed by atoms with Gasteiger partial charge < -0.3 is 10.6 Å². The van der Waals surface area contributed by atoms with Gasteiger partial charge in [0.1, 0.15) is 0 Å². The predicted molar refractivity (Wildman–Crippen MR) is 64.1 cm³/mol. The first-order chi connectivity index (χ1) is 7.16. The van der Waals surface area contributed by atoms with Gasteiger partial charge in [0.25, 0.3) is 0 Å². The first-order valence-electron chi connectivity index (χ1n) is 5.57. The molecule has 0 aromatic carbocycles. The summed E-state index contributed by atoms with van der Waals surface area (Å²) in [6.45, 7) is 3.25. The Balaban J connectivity index is 1.98. The van der Waals surface area contributed by atoms with Crippen LogP contribution in [0.25, 0.3) is 0 Å². The van der Waals surface area contributed by atoms with Crippen LogP contribution in [0.1, 0.15) is 35.7 Å². The lowest BCUT2D eigenvalue weighted by atomic mass is 10.1. The molecule has 3 nitrogen and oxygen atoms in total. The molecule has 0 saturated carbocycles. The number of aromatic nitrogens is 1. The zero-order valence-electron chi connectivity index (χ0n) is 9.44. The third-order valence-electron chi connectivity index (χ3n) is 3.10. The average Bonchev–Trinajstić information content (AvgIpc) is 2.77. The molecular weight excluding hydrogens is 206 g/mol. The Hall–Kier alpha value is -0.450. The average molecular weight is 225 g/mol. The number of thiazole rings is 1. The van der Waals surface area contributed by atoms with E-state index in [1.54, 1.807) is 11.3 Å². The van der Waals surface area contributed by atoms with Crippen LogP contribution < -0.4 is 5.73 Å². The zero-order valence-corrected chi connectivity index (χ0v) is 10.3. The molecule has 84 valence electrons. The fourth-order valence-electron chi connectivity index (χ4n) is 2.07. The zero-order chi connectivity index (χ0) is 10.8. The highest BCUT2D eigenvalue weighted by molar-refractivity contribution is 7.11. The molecule has 2 rings (SSSR count). The number of nitrogens with zero attached hydrogens (tertiary/aromatic N) is 2. The van der Waals surface area contributed by atoms with E-state index in [2.05, 4.69) is 16.9 Å². The number of likely N-dealkylation sites (N-methyl/N-ethyl adjacent to an activating group) is 1. The van der Waals surface area contributed by atoms with Crippen LogP contribution in [0.5, 0.6) is 0 Å². The fraction of sp³-hybridized carbons (Fsp3) is 0.727. The number of hydrogen-bond acceptors (Lipinski definition) is 4. The van der Waals surface area contributed by atoms with E-state index in [-0.39, 0.29) is 6.04 Å². The molecule has 1 aliphatic heterocycles. The number of nitrogens with two attached hydrogens (primary N) is 1. The van der Waals surface area contributed by atoms with Gasteiger partial charge in [-0.15, -0.1) is 11.3 Å². The van der Waals surface area contributed by atoms with Gasteiger partial charge in [0.2, 0.25) is 0 Å². The molecule has 0 spiro atoms. The van der Waals surface area contributed by atoms with E-state index in [4.69, 9.17) is 5.73 Å². The van der Waals surface area contributed by atoms with Crippen LogP contribution in [0.15, 0.2) is 6.20 Å². The van der Waals surface area contributed by atoms with E-state index in [9.17, 15) is 0 Å². The molecule has 15 heavy (non-hydrogen) atoms. The lowest BCUT2D eigenvalue weighted by Crippen LogP contribution is -2.26. The Morgan fingerprint density at radius 3 is 3.07 bits per heavy atom. The van der Waals surface area contributed by atoms with Gasteiger partial charge in [-0.25, -0.2) is 4.98 Å². The highest BCUT2D eigenvalue weighted by Gasteiger charge is 2.22. The van der Waals surface area contributed by atoms with Crippen LogP contribution in [0.3, 0.4) is 0 Å². The highest BCUT2D eigenvalue weighted by Crippen LogP contribution is 2.24. The van der Waals surface area contributed by atoms with Gasteiger partial charge in [0.05, 0.1) is 5.01 Å². The van der Waals surface area contributed by atoms with Crippen molar-refractivity contribution in [3.05, 3.63) is 16.1 Å². The van der Waals surface area contributed by atoms with Gasteiger partial charge in [-0.2, -0.15) is 0 Å². The molecule has 1 aromatic rings. The van der Waals surface area contributed by atoms with Crippen molar-refractivity contribution in [1.29, 1.82) is 0 Å². The summed E-state index contributed by atoms with van der Waals surface area (Å²) < 4.78 is 0. The fourth-order valence-corrected chi connectivity index (χ4v) is 3.01. The van der Waals surface area contributed by atoms with E-state index < -0.39 is 0 Å². The highest BCUT2D eigenvalue weighted by atomic mass is 32.1. The summed E-state index contributed by atoms with van der Waals surface area (Å²) in [6, 6.07) is 0.814. The van der Waals surface area contributed by atoms with Gasteiger partial charge in [0.15, 0.2) is 0 Å². The Kier molecular flexibility index (Phi) is 3.38. The smallest absolute Gasteiger partial charge is 0.0943 e. The molecule has 2 heterocycles. The summed E-state index contributed by atoms with van der Waals surface area (Å²) in [6.07, 6.45) is 5.66. The molecule has 1 aromatic heterocycles. The van der Waals surface area contributed by atoms with Crippen molar-refractivity contribution in [1.82, 2.24) is 9.88 Å². The molecule has 0 radical (unpaired) electrons. The number of hydrogen-bond donors (Lipinski definition) is 1. The van der Waals surface area contributed by atoms with Crippen molar-refractivity contribution in [2.24, 2.45) is 5.73 Å². The first kappa shape index (κ1) is 11.0. The molecule has 1 aliphatic rings. The molecule has 2 atom stereocenters. The molecule has 0 bridgehead atoms. The Morgan fingerprint density at radius 1 is 1.73 bits per heavy atom. The molecule has 2 N–H and O–H groups in total. The Labute approximate surface area is 95.3 Å². The third-order valence-corrected chi connectivity index (χ3v) is 4.32. The van der Waals surface area contributed by atoms with E-state index in [0.717, 1.165) is 6.42 Å². The largest absolute Gasteiger partial charge is 0.323 e. The maximum atomic E-state index is 5.82. The second-order valence-corrected chi connectivity index (χ2v) is 5.57. The molecule has 4 heteroatoms. The summed E-state index contributed by atoms with van der Waals surface area (Å²) >= 11 is 1.77. The van der Waals surface area contributed by atoms with Crippen molar-refractivity contribution in [2.75, 3.05) is 13.6 Å². The maximum Gasteiger partial charge on any atom is 0.0943 e. The van der Waals surface area contributed by atoms with E-state index in [0.29, 0.717) is 6.04 Å². The van der Waals surface area contributed by atoms with E-state index in [1.165, 1.54) is 29.3 Å². The third kappa shape index (κ3) is 2.56. The minimum atomic E-state index is 0.123. The molecule has 1 saturated heterocycles. The van der Waals surface area contributed by atoms with Crippen LogP contribution >= 0.6 is 11.3 Å². The van der Waals surface area contributed by atoms with Gasteiger partial charge >= 0.3 is 0 Å². The molecule has 0 aliphatic carbocycles. The Morgan fingerprint density at radius 2 is 2.53 bits per heavy atom. The van der Waals surface area contributed by atoms with Crippen LogP contribution in [0.2, 0.25) is 0 Å². The summed E-state index contributed by atoms with van der Waals surface area (Å²) in [4.78, 5) is 8.08. The van der Waals surface area contributed by atoms with Gasteiger partial charge in [-0.1, -0.05) is 0 Å². The van der Waals surface area contributed by atoms with Crippen molar-refractivity contribution in [3.63, 3.8) is 0 Å². The summed E-state index contributed by atoms with van der Waals surface area (Å²) in [5.41, 5.74) is 5.82. The monoisotopic (exact) mass is 225 g/mol. The first-order valence-corrected chi connectivity index (χ1v) is 6.39. The second-order valence-electron chi connectivity index (χ2n) is 4.43. The standard InChI is InChI=1S/C11H19N3S/c1-8(12)10-7-13-11(15-10)6-9-4-3-5-14(9)2/h7-9H,3-6,12H2,1-2H3. The van der Waals surface area contributed by atoms with Gasteiger partial charge in [-0.05, 0) is 33.4 Å². The van der Waals surface area contributed by atoms with E-state index in [1.807, 2.05) is 13.1 Å². The number of rotatable bonds is 3. The normalized spacial score (nSPS) is 24.6. The summed E-state index contributed by atoms with van der Waals surface area (Å²) in [5.74, 6) is 0. The van der Waals surface area contributed by atoms with Crippen molar-refractivity contribution < 1.29 is 0 Å². The van der Waals surface area contributed by atoms with Crippen molar-refractivity contribution >= 4 is 11.3 Å². The lowest BCUT2D eigenvalue weighted by Gasteiger charge is -2.17. The summed E-state index contributed by atoms with van der Waals surface area (Å²) in [5, 5.41) is 1.24. The minimum absolute atomic E-state index is 0.123. The topological polar surface area (TPSA) is 42.1 Å². The van der Waals surface area contributed by atoms with Crippen LogP contribution in [-0.2, 0) is 6.42 Å². The van der Waals surface area contributed by atoms with Gasteiger partial charge in [0, 0.05) is 29.6 Å². The van der Waals surface area contributed by atoms with Crippen LogP contribution in [-0.4, -0.2) is 29.5 Å². The SMILES string of the molecule is CC(N)c1cnc(CC2CCCN2C)s1. The van der Waals surface area contributed by atoms with Crippen molar-refractivity contribution in [3.8, 4) is 0 Å².